The SMILES string of the molecule is OC1CCn2c(c(C3CCCCC3)c3ccccc32)-c2ccccc2C1O. The lowest BCUT2D eigenvalue weighted by Gasteiger charge is -2.28. The van der Waals surface area contributed by atoms with Gasteiger partial charge in [0, 0.05) is 23.0 Å². The average Bonchev–Trinajstić information content (AvgIpc) is 3.05. The molecule has 2 aromatic carbocycles. The first kappa shape index (κ1) is 17.0. The molecule has 2 atom stereocenters. The number of rotatable bonds is 1. The fraction of sp³-hybridized carbons (Fsp3) is 0.417. The highest BCUT2D eigenvalue weighted by molar-refractivity contribution is 5.93. The Morgan fingerprint density at radius 3 is 2.41 bits per heavy atom. The van der Waals surface area contributed by atoms with Crippen molar-refractivity contribution in [3.63, 3.8) is 0 Å². The van der Waals surface area contributed by atoms with Crippen LogP contribution in [0.2, 0.25) is 0 Å². The van der Waals surface area contributed by atoms with Crippen molar-refractivity contribution in [3.8, 4) is 11.3 Å². The molecular weight excluding hydrogens is 334 g/mol. The molecule has 1 saturated carbocycles. The van der Waals surface area contributed by atoms with E-state index < -0.39 is 12.2 Å². The van der Waals surface area contributed by atoms with Gasteiger partial charge in [-0.25, -0.2) is 0 Å². The summed E-state index contributed by atoms with van der Waals surface area (Å²) in [5.74, 6) is 0.578. The van der Waals surface area contributed by atoms with Crippen LogP contribution >= 0.6 is 0 Å². The summed E-state index contributed by atoms with van der Waals surface area (Å²) < 4.78 is 2.40. The highest BCUT2D eigenvalue weighted by atomic mass is 16.3. The van der Waals surface area contributed by atoms with Gasteiger partial charge in [-0.2, -0.15) is 0 Å². The van der Waals surface area contributed by atoms with Gasteiger partial charge in [0.1, 0.15) is 6.10 Å². The third-order valence-corrected chi connectivity index (χ3v) is 6.57. The Balaban J connectivity index is 1.84. The molecule has 0 radical (unpaired) electrons. The largest absolute Gasteiger partial charge is 0.390 e. The fourth-order valence-electron chi connectivity index (χ4n) is 5.25. The van der Waals surface area contributed by atoms with Gasteiger partial charge in [-0.15, -0.1) is 0 Å². The summed E-state index contributed by atoms with van der Waals surface area (Å²) in [5, 5.41) is 22.6. The molecule has 1 aliphatic heterocycles. The number of aliphatic hydroxyl groups is 2. The van der Waals surface area contributed by atoms with Crippen LogP contribution in [0, 0.1) is 0 Å². The molecule has 0 spiro atoms. The van der Waals surface area contributed by atoms with E-state index in [1.807, 2.05) is 18.2 Å². The third-order valence-electron chi connectivity index (χ3n) is 6.57. The number of hydrogen-bond acceptors (Lipinski definition) is 2. The smallest absolute Gasteiger partial charge is 0.106 e. The lowest BCUT2D eigenvalue weighted by molar-refractivity contribution is 0.0106. The molecule has 3 heteroatoms. The number of nitrogens with zero attached hydrogens (tertiary/aromatic N) is 1. The first-order chi connectivity index (χ1) is 13.3. The zero-order valence-corrected chi connectivity index (χ0v) is 15.6. The Kier molecular flexibility index (Phi) is 4.30. The van der Waals surface area contributed by atoms with E-state index in [1.165, 1.54) is 54.3 Å². The van der Waals surface area contributed by atoms with E-state index in [4.69, 9.17) is 0 Å². The lowest BCUT2D eigenvalue weighted by Crippen LogP contribution is -2.23. The Morgan fingerprint density at radius 1 is 0.815 bits per heavy atom. The standard InChI is InChI=1S/C24H27NO2/c26-21-14-15-25-20-13-7-6-12-19(20)22(16-8-2-1-3-9-16)23(25)17-10-4-5-11-18(17)24(21)27/h4-7,10-13,16,21,24,26-27H,1-3,8-9,14-15H2. The summed E-state index contributed by atoms with van der Waals surface area (Å²) in [7, 11) is 0. The van der Waals surface area contributed by atoms with E-state index >= 15 is 0 Å². The van der Waals surface area contributed by atoms with Gasteiger partial charge in [-0.3, -0.25) is 0 Å². The Morgan fingerprint density at radius 2 is 1.56 bits per heavy atom. The molecule has 3 nitrogen and oxygen atoms in total. The summed E-state index contributed by atoms with van der Waals surface area (Å²) in [4.78, 5) is 0. The Hall–Kier alpha value is -2.10. The van der Waals surface area contributed by atoms with E-state index in [9.17, 15) is 10.2 Å². The van der Waals surface area contributed by atoms with Gasteiger partial charge in [-0.1, -0.05) is 61.7 Å². The average molecular weight is 361 g/mol. The molecule has 3 aromatic rings. The van der Waals surface area contributed by atoms with Gasteiger partial charge in [-0.05, 0) is 42.4 Å². The first-order valence-electron chi connectivity index (χ1n) is 10.3. The van der Waals surface area contributed by atoms with Crippen LogP contribution in [0.1, 0.15) is 61.7 Å². The summed E-state index contributed by atoms with van der Waals surface area (Å²) in [6, 6.07) is 16.8. The summed E-state index contributed by atoms with van der Waals surface area (Å²) in [6.07, 6.45) is 5.42. The quantitative estimate of drug-likeness (QED) is 0.629. The maximum absolute atomic E-state index is 10.8. The maximum atomic E-state index is 10.8. The third kappa shape index (κ3) is 2.72. The summed E-state index contributed by atoms with van der Waals surface area (Å²) in [5.41, 5.74) is 5.92. The maximum Gasteiger partial charge on any atom is 0.106 e. The van der Waals surface area contributed by atoms with Crippen LogP contribution in [0.5, 0.6) is 0 Å². The number of benzene rings is 2. The van der Waals surface area contributed by atoms with Gasteiger partial charge >= 0.3 is 0 Å². The molecule has 140 valence electrons. The van der Waals surface area contributed by atoms with E-state index in [1.54, 1.807) is 0 Å². The molecule has 2 N–H and O–H groups in total. The molecule has 1 fully saturated rings. The van der Waals surface area contributed by atoms with Crippen molar-refractivity contribution >= 4 is 10.9 Å². The minimum absolute atomic E-state index is 0.561. The minimum atomic E-state index is -0.827. The summed E-state index contributed by atoms with van der Waals surface area (Å²) in [6.45, 7) is 0.731. The molecular formula is C24H27NO2. The topological polar surface area (TPSA) is 45.4 Å². The van der Waals surface area contributed by atoms with Crippen molar-refractivity contribution in [2.75, 3.05) is 0 Å². The predicted octanol–water partition coefficient (Wildman–Crippen LogP) is 5.15. The van der Waals surface area contributed by atoms with Gasteiger partial charge in [0.15, 0.2) is 0 Å². The second kappa shape index (κ2) is 6.81. The number of aromatic nitrogens is 1. The number of aliphatic hydroxyl groups excluding tert-OH is 2. The van der Waals surface area contributed by atoms with Crippen LogP contribution in [-0.4, -0.2) is 20.9 Å². The van der Waals surface area contributed by atoms with E-state index in [0.29, 0.717) is 12.3 Å². The van der Waals surface area contributed by atoms with Gasteiger partial charge in [0.05, 0.1) is 11.8 Å². The second-order valence-electron chi connectivity index (χ2n) is 8.15. The highest BCUT2D eigenvalue weighted by Crippen LogP contribution is 2.46. The fourth-order valence-corrected chi connectivity index (χ4v) is 5.25. The monoisotopic (exact) mass is 361 g/mol. The van der Waals surface area contributed by atoms with Crippen molar-refractivity contribution in [1.29, 1.82) is 0 Å². The van der Waals surface area contributed by atoms with Crippen LogP contribution in [-0.2, 0) is 6.54 Å². The molecule has 0 amide bonds. The van der Waals surface area contributed by atoms with Crippen molar-refractivity contribution in [2.45, 2.75) is 63.2 Å². The number of fused-ring (bicyclic) bond motifs is 5. The molecule has 5 rings (SSSR count). The normalized spacial score (nSPS) is 23.5. The second-order valence-corrected chi connectivity index (χ2v) is 8.15. The predicted molar refractivity (Wildman–Crippen MR) is 109 cm³/mol. The van der Waals surface area contributed by atoms with Crippen molar-refractivity contribution in [1.82, 2.24) is 4.57 Å². The Bertz CT molecular complexity index is 968. The van der Waals surface area contributed by atoms with Gasteiger partial charge in [0.25, 0.3) is 0 Å². The highest BCUT2D eigenvalue weighted by Gasteiger charge is 2.31. The molecule has 2 unspecified atom stereocenters. The van der Waals surface area contributed by atoms with Crippen LogP contribution < -0.4 is 0 Å². The molecule has 2 heterocycles. The summed E-state index contributed by atoms with van der Waals surface area (Å²) >= 11 is 0. The van der Waals surface area contributed by atoms with Crippen LogP contribution in [0.4, 0.5) is 0 Å². The van der Waals surface area contributed by atoms with Crippen LogP contribution in [0.25, 0.3) is 22.2 Å². The van der Waals surface area contributed by atoms with Gasteiger partial charge < -0.3 is 14.8 Å². The van der Waals surface area contributed by atoms with Crippen molar-refractivity contribution in [2.24, 2.45) is 0 Å². The zero-order valence-electron chi connectivity index (χ0n) is 15.6. The number of hydrogen-bond donors (Lipinski definition) is 2. The van der Waals surface area contributed by atoms with E-state index in [0.717, 1.165) is 17.7 Å². The lowest BCUT2D eigenvalue weighted by atomic mass is 9.81. The van der Waals surface area contributed by atoms with Crippen LogP contribution in [0.15, 0.2) is 48.5 Å². The molecule has 1 aliphatic carbocycles. The molecule has 2 aliphatic rings. The first-order valence-corrected chi connectivity index (χ1v) is 10.3. The number of aryl methyl sites for hydroxylation is 1. The molecule has 27 heavy (non-hydrogen) atoms. The van der Waals surface area contributed by atoms with Crippen molar-refractivity contribution in [3.05, 3.63) is 59.7 Å². The van der Waals surface area contributed by atoms with Crippen LogP contribution in [0.3, 0.4) is 0 Å². The van der Waals surface area contributed by atoms with Gasteiger partial charge in [0.2, 0.25) is 0 Å². The molecule has 0 saturated heterocycles. The zero-order chi connectivity index (χ0) is 18.4. The van der Waals surface area contributed by atoms with E-state index in [2.05, 4.69) is 34.9 Å². The molecule has 0 bridgehead atoms. The molecule has 1 aromatic heterocycles. The Labute approximate surface area is 160 Å². The number of para-hydroxylation sites is 1. The van der Waals surface area contributed by atoms with Crippen molar-refractivity contribution < 1.29 is 10.2 Å². The minimum Gasteiger partial charge on any atom is -0.390 e. The van der Waals surface area contributed by atoms with E-state index in [-0.39, 0.29) is 0 Å².